The quantitative estimate of drug-likeness (QED) is 0.168. The van der Waals surface area contributed by atoms with Crippen LogP contribution >= 0.6 is 11.8 Å². The van der Waals surface area contributed by atoms with E-state index < -0.39 is 0 Å². The number of aryl methyl sites for hydroxylation is 1. The summed E-state index contributed by atoms with van der Waals surface area (Å²) in [4.78, 5) is 1.22. The minimum absolute atomic E-state index is 1.03. The Balaban J connectivity index is 1.47. The van der Waals surface area contributed by atoms with E-state index >= 15 is 0 Å². The zero-order valence-corrected chi connectivity index (χ0v) is 26.7. The van der Waals surface area contributed by atoms with Gasteiger partial charge in [0.2, 0.25) is 0 Å². The normalized spacial score (nSPS) is 14.2. The first-order valence-electron chi connectivity index (χ1n) is 15.2. The van der Waals surface area contributed by atoms with E-state index in [2.05, 4.69) is 166 Å². The summed E-state index contributed by atoms with van der Waals surface area (Å²) in [6.07, 6.45) is 16.2. The van der Waals surface area contributed by atoms with Gasteiger partial charge in [-0.15, -0.1) is 0 Å². The van der Waals surface area contributed by atoms with Crippen LogP contribution in [-0.2, 0) is 0 Å². The van der Waals surface area contributed by atoms with Gasteiger partial charge in [0.1, 0.15) is 0 Å². The molecule has 5 aromatic rings. The first kappa shape index (κ1) is 29.9. The van der Waals surface area contributed by atoms with E-state index in [0.29, 0.717) is 0 Å². The number of fused-ring (bicyclic) bond motifs is 1. The lowest BCUT2D eigenvalue weighted by atomic mass is 9.84. The van der Waals surface area contributed by atoms with Crippen molar-refractivity contribution in [3.8, 4) is 44.5 Å². The van der Waals surface area contributed by atoms with Crippen LogP contribution in [0.25, 0.3) is 56.2 Å². The molecule has 0 atom stereocenters. The van der Waals surface area contributed by atoms with Crippen molar-refractivity contribution < 1.29 is 0 Å². The molecule has 0 saturated carbocycles. The second-order valence-electron chi connectivity index (χ2n) is 11.2. The van der Waals surface area contributed by atoms with Crippen LogP contribution in [0.3, 0.4) is 0 Å². The van der Waals surface area contributed by atoms with Gasteiger partial charge in [0.05, 0.1) is 0 Å². The molecule has 1 heteroatoms. The third-order valence-corrected chi connectivity index (χ3v) is 9.11. The maximum Gasteiger partial charge on any atom is 0.0207 e. The molecule has 0 unspecified atom stereocenters. The van der Waals surface area contributed by atoms with Crippen LogP contribution in [0, 0.1) is 13.8 Å². The topological polar surface area (TPSA) is 0 Å². The van der Waals surface area contributed by atoms with E-state index in [1.807, 2.05) is 12.2 Å². The van der Waals surface area contributed by atoms with Crippen molar-refractivity contribution in [1.29, 1.82) is 0 Å². The summed E-state index contributed by atoms with van der Waals surface area (Å²) < 4.78 is 0. The SMILES string of the molecule is C=C/C=C\C=C/c1ccccc1-c1cccc(-c2cccc(-c3cc4c(c(-c5ccccc5C)c3C)C(=C)/C=C\C=C/S4)c2)c1. The Labute approximate surface area is 272 Å². The fraction of sp³-hybridized carbons (Fsp3) is 0.0455. The molecule has 6 rings (SSSR count). The second kappa shape index (κ2) is 13.7. The summed E-state index contributed by atoms with van der Waals surface area (Å²) >= 11 is 1.76. The Morgan fingerprint density at radius 2 is 1.27 bits per heavy atom. The van der Waals surface area contributed by atoms with Crippen LogP contribution < -0.4 is 0 Å². The molecule has 0 bridgehead atoms. The highest BCUT2D eigenvalue weighted by Crippen LogP contribution is 2.45. The van der Waals surface area contributed by atoms with Crippen LogP contribution in [0.2, 0.25) is 0 Å². The minimum atomic E-state index is 1.03. The first-order valence-corrected chi connectivity index (χ1v) is 16.1. The highest BCUT2D eigenvalue weighted by molar-refractivity contribution is 8.02. The number of allylic oxidation sites excluding steroid dienone is 8. The summed E-state index contributed by atoms with van der Waals surface area (Å²) in [6.45, 7) is 12.7. The van der Waals surface area contributed by atoms with Crippen LogP contribution in [0.15, 0.2) is 169 Å². The smallest absolute Gasteiger partial charge is 0.0207 e. The van der Waals surface area contributed by atoms with Gasteiger partial charge in [-0.2, -0.15) is 0 Å². The van der Waals surface area contributed by atoms with Crippen LogP contribution in [-0.4, -0.2) is 0 Å². The van der Waals surface area contributed by atoms with Gasteiger partial charge < -0.3 is 0 Å². The van der Waals surface area contributed by atoms with Crippen LogP contribution in [0.4, 0.5) is 0 Å². The molecule has 1 aliphatic heterocycles. The monoisotopic (exact) mass is 596 g/mol. The van der Waals surface area contributed by atoms with E-state index in [9.17, 15) is 0 Å². The van der Waals surface area contributed by atoms with Gasteiger partial charge in [-0.3, -0.25) is 0 Å². The maximum absolute atomic E-state index is 4.49. The molecular weight excluding hydrogens is 561 g/mol. The summed E-state index contributed by atoms with van der Waals surface area (Å²) in [5.41, 5.74) is 15.7. The standard InChI is InChI=1S/C44H36S/c1-5-6-7-8-19-34-20-10-12-26-40(34)37-23-15-21-35(28-37)36-22-16-24-38(29-36)41-30-42-43(32(3)18-13-14-27-45-42)44(33(41)4)39-25-11-9-17-31(39)2/h5-30H,1,3H2,2,4H3/b7-6-,18-13-,19-8-,27-14-. The van der Waals surface area contributed by atoms with Gasteiger partial charge in [0.25, 0.3) is 0 Å². The Hall–Kier alpha value is -5.11. The van der Waals surface area contributed by atoms with E-state index in [4.69, 9.17) is 0 Å². The lowest BCUT2D eigenvalue weighted by molar-refractivity contribution is 1.32. The molecule has 0 radical (unpaired) electrons. The number of hydrogen-bond donors (Lipinski definition) is 0. The van der Waals surface area contributed by atoms with Gasteiger partial charge in [-0.05, 0) is 104 Å². The Morgan fingerprint density at radius 1 is 0.600 bits per heavy atom. The van der Waals surface area contributed by atoms with Gasteiger partial charge in [-0.1, -0.05) is 158 Å². The first-order chi connectivity index (χ1) is 22.0. The molecule has 0 fully saturated rings. The average Bonchev–Trinajstić information content (AvgIpc) is 3.06. The molecule has 0 N–H and O–H groups in total. The molecule has 0 nitrogen and oxygen atoms in total. The molecule has 0 aliphatic carbocycles. The van der Waals surface area contributed by atoms with Crippen LogP contribution in [0.5, 0.6) is 0 Å². The summed E-state index contributed by atoms with van der Waals surface area (Å²) in [6, 6.07) is 37.4. The summed E-state index contributed by atoms with van der Waals surface area (Å²) in [5.74, 6) is 0. The Morgan fingerprint density at radius 3 is 2.00 bits per heavy atom. The third-order valence-electron chi connectivity index (χ3n) is 8.24. The van der Waals surface area contributed by atoms with Crippen molar-refractivity contribution in [2.75, 3.05) is 0 Å². The molecule has 5 aromatic carbocycles. The second-order valence-corrected chi connectivity index (χ2v) is 12.1. The molecule has 0 saturated heterocycles. The minimum Gasteiger partial charge on any atom is -0.0991 e. The van der Waals surface area contributed by atoms with Crippen molar-refractivity contribution in [2.24, 2.45) is 0 Å². The number of benzene rings is 5. The van der Waals surface area contributed by atoms with Crippen molar-refractivity contribution in [2.45, 2.75) is 18.7 Å². The van der Waals surface area contributed by atoms with Crippen LogP contribution in [0.1, 0.15) is 22.3 Å². The molecule has 45 heavy (non-hydrogen) atoms. The zero-order valence-electron chi connectivity index (χ0n) is 25.8. The van der Waals surface area contributed by atoms with E-state index in [0.717, 1.165) is 5.57 Å². The maximum atomic E-state index is 4.49. The van der Waals surface area contributed by atoms with Crippen molar-refractivity contribution in [3.63, 3.8) is 0 Å². The van der Waals surface area contributed by atoms with Crippen molar-refractivity contribution >= 4 is 23.4 Å². The molecule has 0 spiro atoms. The molecule has 1 heterocycles. The number of hydrogen-bond acceptors (Lipinski definition) is 1. The van der Waals surface area contributed by atoms with E-state index in [1.165, 1.54) is 71.7 Å². The summed E-state index contributed by atoms with van der Waals surface area (Å²) in [5, 5.41) is 2.16. The highest BCUT2D eigenvalue weighted by Gasteiger charge is 2.21. The number of thioether (sulfide) groups is 1. The number of rotatable bonds is 7. The van der Waals surface area contributed by atoms with Crippen molar-refractivity contribution in [1.82, 2.24) is 0 Å². The fourth-order valence-electron chi connectivity index (χ4n) is 6.01. The van der Waals surface area contributed by atoms with Gasteiger partial charge >= 0.3 is 0 Å². The molecule has 1 aliphatic rings. The predicted molar refractivity (Wildman–Crippen MR) is 199 cm³/mol. The largest absolute Gasteiger partial charge is 0.0991 e. The molecule has 0 amide bonds. The van der Waals surface area contributed by atoms with Gasteiger partial charge in [0, 0.05) is 10.5 Å². The van der Waals surface area contributed by atoms with Crippen molar-refractivity contribution in [3.05, 3.63) is 186 Å². The van der Waals surface area contributed by atoms with Gasteiger partial charge in [-0.25, -0.2) is 0 Å². The molecular formula is C44H36S. The Bertz CT molecular complexity index is 2030. The van der Waals surface area contributed by atoms with E-state index in [-0.39, 0.29) is 0 Å². The Kier molecular flexibility index (Phi) is 9.10. The molecule has 0 aromatic heterocycles. The lowest BCUT2D eigenvalue weighted by Gasteiger charge is -2.23. The summed E-state index contributed by atoms with van der Waals surface area (Å²) in [7, 11) is 0. The zero-order chi connectivity index (χ0) is 31.2. The van der Waals surface area contributed by atoms with E-state index in [1.54, 1.807) is 17.8 Å². The molecule has 218 valence electrons. The fourth-order valence-corrected chi connectivity index (χ4v) is 6.86. The third kappa shape index (κ3) is 6.41. The predicted octanol–water partition coefficient (Wildman–Crippen LogP) is 12.9. The lowest BCUT2D eigenvalue weighted by Crippen LogP contribution is -1.99. The van der Waals surface area contributed by atoms with Gasteiger partial charge in [0.15, 0.2) is 0 Å². The average molecular weight is 597 g/mol. The highest BCUT2D eigenvalue weighted by atomic mass is 32.2.